The molecule has 1 aliphatic heterocycles. The summed E-state index contributed by atoms with van der Waals surface area (Å²) < 4.78 is 5.34. The Morgan fingerprint density at radius 2 is 1.81 bits per heavy atom. The average Bonchev–Trinajstić information content (AvgIpc) is 2.73. The molecule has 27 heavy (non-hydrogen) atoms. The number of anilines is 1. The van der Waals surface area contributed by atoms with Crippen molar-refractivity contribution in [1.82, 2.24) is 4.98 Å². The molecular formula is C22H23N3O2. The van der Waals surface area contributed by atoms with E-state index in [1.165, 1.54) is 5.39 Å². The van der Waals surface area contributed by atoms with Crippen LogP contribution in [0.5, 0.6) is 0 Å². The van der Waals surface area contributed by atoms with E-state index in [1.54, 1.807) is 6.07 Å². The van der Waals surface area contributed by atoms with E-state index in [9.17, 15) is 4.79 Å². The molecule has 0 saturated carbocycles. The highest BCUT2D eigenvalue weighted by molar-refractivity contribution is 5.94. The third-order valence-corrected chi connectivity index (χ3v) is 5.12. The number of amides is 1. The number of nitrogens with zero attached hydrogens (tertiary/aromatic N) is 1. The molecule has 0 spiro atoms. The van der Waals surface area contributed by atoms with Crippen molar-refractivity contribution >= 4 is 22.5 Å². The first-order valence-electron chi connectivity index (χ1n) is 9.31. The lowest BCUT2D eigenvalue weighted by atomic mass is 9.92. The number of benzene rings is 2. The maximum Gasteiger partial charge on any atom is 0.242 e. The van der Waals surface area contributed by atoms with Crippen LogP contribution in [0, 0.1) is 5.92 Å². The standard InChI is InChI=1S/C22H23N3O2/c23-21(16-10-12-27-13-11-16)22(26)25-20-7-3-6-19(24-20)18-9-8-15-4-1-2-5-17(15)14-18/h1-9,14,16,21H,10-13,23H2,(H,24,25,26). The van der Waals surface area contributed by atoms with Gasteiger partial charge in [-0.25, -0.2) is 4.98 Å². The normalized spacial score (nSPS) is 16.2. The Bertz CT molecular complexity index is 951. The Kier molecular flexibility index (Phi) is 5.14. The third-order valence-electron chi connectivity index (χ3n) is 5.12. The predicted molar refractivity (Wildman–Crippen MR) is 107 cm³/mol. The smallest absolute Gasteiger partial charge is 0.242 e. The topological polar surface area (TPSA) is 77.2 Å². The van der Waals surface area contributed by atoms with Gasteiger partial charge in [-0.05, 0) is 47.7 Å². The molecule has 0 aliphatic carbocycles. The molecule has 2 aromatic carbocycles. The first-order valence-corrected chi connectivity index (χ1v) is 9.31. The third kappa shape index (κ3) is 3.99. The van der Waals surface area contributed by atoms with Crippen molar-refractivity contribution in [2.75, 3.05) is 18.5 Å². The summed E-state index contributed by atoms with van der Waals surface area (Å²) in [4.78, 5) is 17.1. The van der Waals surface area contributed by atoms with Crippen molar-refractivity contribution < 1.29 is 9.53 Å². The first-order chi connectivity index (χ1) is 13.2. The predicted octanol–water partition coefficient (Wildman–Crippen LogP) is 3.59. The van der Waals surface area contributed by atoms with Crippen molar-refractivity contribution in [1.29, 1.82) is 0 Å². The van der Waals surface area contributed by atoms with Crippen LogP contribution in [0.2, 0.25) is 0 Å². The van der Waals surface area contributed by atoms with Crippen molar-refractivity contribution in [2.45, 2.75) is 18.9 Å². The van der Waals surface area contributed by atoms with Crippen molar-refractivity contribution in [3.05, 3.63) is 60.7 Å². The zero-order valence-electron chi connectivity index (χ0n) is 15.1. The highest BCUT2D eigenvalue weighted by atomic mass is 16.5. The van der Waals surface area contributed by atoms with E-state index < -0.39 is 6.04 Å². The Balaban J connectivity index is 1.52. The van der Waals surface area contributed by atoms with Crippen LogP contribution in [0.15, 0.2) is 60.7 Å². The number of hydrogen-bond acceptors (Lipinski definition) is 4. The fraction of sp³-hybridized carbons (Fsp3) is 0.273. The van der Waals surface area contributed by atoms with Gasteiger partial charge in [0.15, 0.2) is 0 Å². The lowest BCUT2D eigenvalue weighted by Crippen LogP contribution is -2.44. The van der Waals surface area contributed by atoms with E-state index in [-0.39, 0.29) is 11.8 Å². The van der Waals surface area contributed by atoms with Crippen LogP contribution in [-0.4, -0.2) is 30.1 Å². The summed E-state index contributed by atoms with van der Waals surface area (Å²) >= 11 is 0. The SMILES string of the molecule is NC(C(=O)Nc1cccc(-c2ccc3ccccc3c2)n1)C1CCOCC1. The zero-order valence-corrected chi connectivity index (χ0v) is 15.1. The summed E-state index contributed by atoms with van der Waals surface area (Å²) in [5, 5.41) is 5.22. The first kappa shape index (κ1) is 17.6. The van der Waals surface area contributed by atoms with E-state index in [2.05, 4.69) is 34.6 Å². The molecule has 1 saturated heterocycles. The molecule has 1 aromatic heterocycles. The number of hydrogen-bond donors (Lipinski definition) is 2. The molecule has 0 bridgehead atoms. The number of rotatable bonds is 4. The maximum absolute atomic E-state index is 12.5. The minimum Gasteiger partial charge on any atom is -0.381 e. The van der Waals surface area contributed by atoms with E-state index in [1.807, 2.05) is 30.3 Å². The Labute approximate surface area is 158 Å². The number of carbonyl (C=O) groups is 1. The second kappa shape index (κ2) is 7.86. The van der Waals surface area contributed by atoms with Crippen molar-refractivity contribution in [3.63, 3.8) is 0 Å². The van der Waals surface area contributed by atoms with E-state index in [0.717, 1.165) is 29.5 Å². The number of aromatic nitrogens is 1. The van der Waals surface area contributed by atoms with Gasteiger partial charge in [-0.3, -0.25) is 4.79 Å². The van der Waals surface area contributed by atoms with Crippen LogP contribution in [0.25, 0.3) is 22.0 Å². The molecule has 3 aromatic rings. The fourth-order valence-corrected chi connectivity index (χ4v) is 3.51. The molecule has 0 radical (unpaired) electrons. The summed E-state index contributed by atoms with van der Waals surface area (Å²) in [6, 6.07) is 19.5. The van der Waals surface area contributed by atoms with Crippen LogP contribution >= 0.6 is 0 Å². The van der Waals surface area contributed by atoms with Crippen LogP contribution in [-0.2, 0) is 9.53 Å². The lowest BCUT2D eigenvalue weighted by Gasteiger charge is -2.26. The number of nitrogens with two attached hydrogens (primary N) is 1. The van der Waals surface area contributed by atoms with Gasteiger partial charge in [-0.15, -0.1) is 0 Å². The van der Waals surface area contributed by atoms with Crippen LogP contribution in [0.1, 0.15) is 12.8 Å². The molecule has 4 rings (SSSR count). The number of ether oxygens (including phenoxy) is 1. The summed E-state index contributed by atoms with van der Waals surface area (Å²) in [6.07, 6.45) is 1.64. The highest BCUT2D eigenvalue weighted by Gasteiger charge is 2.26. The summed E-state index contributed by atoms with van der Waals surface area (Å²) in [6.45, 7) is 1.34. The molecule has 2 heterocycles. The van der Waals surface area contributed by atoms with Gasteiger partial charge >= 0.3 is 0 Å². The second-order valence-electron chi connectivity index (χ2n) is 6.93. The second-order valence-corrected chi connectivity index (χ2v) is 6.93. The number of carbonyl (C=O) groups excluding carboxylic acids is 1. The molecule has 5 nitrogen and oxygen atoms in total. The monoisotopic (exact) mass is 361 g/mol. The maximum atomic E-state index is 12.5. The molecule has 138 valence electrons. The molecule has 1 fully saturated rings. The quantitative estimate of drug-likeness (QED) is 0.744. The highest BCUT2D eigenvalue weighted by Crippen LogP contribution is 2.24. The number of nitrogens with one attached hydrogen (secondary N) is 1. The number of fused-ring (bicyclic) bond motifs is 1. The van der Waals surface area contributed by atoms with Gasteiger partial charge in [0.25, 0.3) is 0 Å². The van der Waals surface area contributed by atoms with Gasteiger partial charge in [0.2, 0.25) is 5.91 Å². The summed E-state index contributed by atoms with van der Waals surface area (Å²) in [5.41, 5.74) is 7.99. The van der Waals surface area contributed by atoms with E-state index in [4.69, 9.17) is 10.5 Å². The molecule has 3 N–H and O–H groups in total. The molecule has 1 amide bonds. The van der Waals surface area contributed by atoms with Gasteiger partial charge in [0, 0.05) is 18.8 Å². The molecule has 1 unspecified atom stereocenters. The molecule has 1 aliphatic rings. The minimum atomic E-state index is -0.542. The molecule has 5 heteroatoms. The minimum absolute atomic E-state index is 0.155. The van der Waals surface area contributed by atoms with Gasteiger partial charge in [0.1, 0.15) is 5.82 Å². The van der Waals surface area contributed by atoms with Gasteiger partial charge < -0.3 is 15.8 Å². The molecular weight excluding hydrogens is 338 g/mol. The van der Waals surface area contributed by atoms with Crippen LogP contribution in [0.3, 0.4) is 0 Å². The largest absolute Gasteiger partial charge is 0.381 e. The van der Waals surface area contributed by atoms with E-state index in [0.29, 0.717) is 19.0 Å². The molecule has 1 atom stereocenters. The lowest BCUT2D eigenvalue weighted by molar-refractivity contribution is -0.119. The summed E-state index contributed by atoms with van der Waals surface area (Å²) in [7, 11) is 0. The van der Waals surface area contributed by atoms with Crippen LogP contribution in [0.4, 0.5) is 5.82 Å². The van der Waals surface area contributed by atoms with Crippen LogP contribution < -0.4 is 11.1 Å². The van der Waals surface area contributed by atoms with Gasteiger partial charge in [-0.2, -0.15) is 0 Å². The van der Waals surface area contributed by atoms with Crippen molar-refractivity contribution in [2.24, 2.45) is 11.7 Å². The number of pyridine rings is 1. The van der Waals surface area contributed by atoms with Crippen molar-refractivity contribution in [3.8, 4) is 11.3 Å². The Morgan fingerprint density at radius 1 is 1.04 bits per heavy atom. The Morgan fingerprint density at radius 3 is 2.63 bits per heavy atom. The Hall–Kier alpha value is -2.76. The fourth-order valence-electron chi connectivity index (χ4n) is 3.51. The van der Waals surface area contributed by atoms with Gasteiger partial charge in [-0.1, -0.05) is 42.5 Å². The average molecular weight is 361 g/mol. The van der Waals surface area contributed by atoms with Gasteiger partial charge in [0.05, 0.1) is 11.7 Å². The zero-order chi connectivity index (χ0) is 18.6. The summed E-state index contributed by atoms with van der Waals surface area (Å²) in [5.74, 6) is 0.487. The van der Waals surface area contributed by atoms with E-state index >= 15 is 0 Å².